The Balaban J connectivity index is 1.53. The van der Waals surface area contributed by atoms with Gasteiger partial charge in [-0.2, -0.15) is 0 Å². The van der Waals surface area contributed by atoms with Gasteiger partial charge in [0.05, 0.1) is 18.3 Å². The highest BCUT2D eigenvalue weighted by molar-refractivity contribution is 5.65. The van der Waals surface area contributed by atoms with E-state index in [1.165, 1.54) is 18.1 Å². The van der Waals surface area contributed by atoms with Gasteiger partial charge in [-0.1, -0.05) is 57.9 Å². The first-order chi connectivity index (χ1) is 21.8. The molecule has 268 valence electrons. The van der Waals surface area contributed by atoms with Gasteiger partial charge in [0, 0.05) is 6.92 Å². The van der Waals surface area contributed by atoms with Crippen LogP contribution in [0.25, 0.3) is 0 Å². The third-order valence-electron chi connectivity index (χ3n) is 14.2. The number of fused-ring (bicyclic) bond motifs is 5. The van der Waals surface area contributed by atoms with Gasteiger partial charge in [-0.3, -0.25) is 4.79 Å². The van der Waals surface area contributed by atoms with Crippen LogP contribution in [0.4, 0.5) is 0 Å². The van der Waals surface area contributed by atoms with Crippen LogP contribution in [-0.2, 0) is 19.0 Å². The van der Waals surface area contributed by atoms with E-state index in [9.17, 15) is 30.3 Å². The maximum absolute atomic E-state index is 12.1. The topological polar surface area (TPSA) is 146 Å². The number of hydrogen-bond donors (Lipinski definition) is 5. The standard InChI is InChI=1S/C38H62O9/c1-20(2)11-10-12-21(3)23-13-16-37(8)29(23)24(40)17-27-36(7)15-14-28(41)35(5,6)33(36)25(18-38(27,37)9)46-34-32(44)31(43)30(42)26(47-34)19-45-22(4)39/h11-12,23-34,40-44H,10,13-19H2,1-9H3/b21-12-/t23-,24-,25+,26-,27-,28+,29+,30-,31+,32-,33+,34?,36-,37-,38-/m1/s1. The third-order valence-corrected chi connectivity index (χ3v) is 14.2. The Bertz CT molecular complexity index is 1230. The summed E-state index contributed by atoms with van der Waals surface area (Å²) in [5.41, 5.74) is 1.37. The van der Waals surface area contributed by atoms with Crippen LogP contribution in [0.3, 0.4) is 0 Å². The molecule has 15 atom stereocenters. The van der Waals surface area contributed by atoms with E-state index in [1.807, 2.05) is 0 Å². The Morgan fingerprint density at radius 1 is 0.872 bits per heavy atom. The van der Waals surface area contributed by atoms with Crippen molar-refractivity contribution in [3.05, 3.63) is 23.3 Å². The minimum atomic E-state index is -1.55. The second kappa shape index (κ2) is 13.1. The first-order valence-electron chi connectivity index (χ1n) is 17.9. The van der Waals surface area contributed by atoms with Gasteiger partial charge in [-0.05, 0) is 111 Å². The highest BCUT2D eigenvalue weighted by atomic mass is 16.7. The minimum absolute atomic E-state index is 0.0938. The van der Waals surface area contributed by atoms with Crippen molar-refractivity contribution >= 4 is 5.97 Å². The summed E-state index contributed by atoms with van der Waals surface area (Å²) >= 11 is 0. The minimum Gasteiger partial charge on any atom is -0.463 e. The smallest absolute Gasteiger partial charge is 0.302 e. The molecular weight excluding hydrogens is 600 g/mol. The predicted molar refractivity (Wildman–Crippen MR) is 178 cm³/mol. The summed E-state index contributed by atoms with van der Waals surface area (Å²) in [7, 11) is 0. The number of esters is 1. The fourth-order valence-corrected chi connectivity index (χ4v) is 11.7. The molecule has 5 aliphatic rings. The molecule has 1 heterocycles. The lowest BCUT2D eigenvalue weighted by atomic mass is 9.34. The predicted octanol–water partition coefficient (Wildman–Crippen LogP) is 4.67. The van der Waals surface area contributed by atoms with Crippen LogP contribution in [0.15, 0.2) is 23.3 Å². The first-order valence-corrected chi connectivity index (χ1v) is 17.9. The van der Waals surface area contributed by atoms with E-state index in [0.717, 1.165) is 25.7 Å². The SMILES string of the molecule is CC(=O)OC[C@H]1OC(O[C@H]2C[C@]3(C)[C@H](C[C@@H](O)[C@@H]4[C@@H](/C(C)=C\CC=C(C)C)CC[C@]43C)[C@@]3(C)CC[C@H](O)C(C)(C)[C@H]23)[C@H](O)[C@@H](O)[C@@H]1O. The number of aliphatic hydroxyl groups is 5. The van der Waals surface area contributed by atoms with Gasteiger partial charge >= 0.3 is 5.97 Å². The van der Waals surface area contributed by atoms with Crippen LogP contribution >= 0.6 is 0 Å². The van der Waals surface area contributed by atoms with Gasteiger partial charge in [-0.15, -0.1) is 0 Å². The van der Waals surface area contributed by atoms with Gasteiger partial charge in [-0.25, -0.2) is 0 Å². The van der Waals surface area contributed by atoms with Crippen LogP contribution in [0.5, 0.6) is 0 Å². The van der Waals surface area contributed by atoms with E-state index in [0.29, 0.717) is 19.3 Å². The van der Waals surface area contributed by atoms with Crippen molar-refractivity contribution in [2.75, 3.05) is 6.61 Å². The molecule has 4 aliphatic carbocycles. The van der Waals surface area contributed by atoms with Crippen molar-refractivity contribution in [2.45, 2.75) is 156 Å². The van der Waals surface area contributed by atoms with Crippen LogP contribution in [0.1, 0.15) is 107 Å². The summed E-state index contributed by atoms with van der Waals surface area (Å²) in [6.07, 6.45) is 1.89. The lowest BCUT2D eigenvalue weighted by Crippen LogP contribution is -2.70. The first kappa shape index (κ1) is 36.9. The zero-order valence-corrected chi connectivity index (χ0v) is 30.1. The van der Waals surface area contributed by atoms with Gasteiger partial charge in [0.2, 0.25) is 0 Å². The molecule has 5 fully saturated rings. The van der Waals surface area contributed by atoms with Gasteiger partial charge in [0.15, 0.2) is 6.29 Å². The van der Waals surface area contributed by atoms with Crippen LogP contribution in [0, 0.1) is 45.3 Å². The molecule has 47 heavy (non-hydrogen) atoms. The van der Waals surface area contributed by atoms with Crippen molar-refractivity contribution in [3.8, 4) is 0 Å². The summed E-state index contributed by atoms with van der Waals surface area (Å²) in [4.78, 5) is 11.5. The molecule has 0 radical (unpaired) electrons. The molecule has 5 N–H and O–H groups in total. The Labute approximate surface area is 281 Å². The molecule has 9 nitrogen and oxygen atoms in total. The molecule has 5 rings (SSSR count). The second-order valence-corrected chi connectivity index (χ2v) is 17.4. The number of carbonyl (C=O) groups is 1. The highest BCUT2D eigenvalue weighted by Gasteiger charge is 2.72. The molecule has 9 heteroatoms. The van der Waals surface area contributed by atoms with Gasteiger partial charge in [0.1, 0.15) is 31.0 Å². The van der Waals surface area contributed by atoms with E-state index in [2.05, 4.69) is 67.5 Å². The second-order valence-electron chi connectivity index (χ2n) is 17.4. The van der Waals surface area contributed by atoms with Crippen LogP contribution in [-0.4, -0.2) is 87.1 Å². The van der Waals surface area contributed by atoms with Crippen molar-refractivity contribution < 1.29 is 44.5 Å². The van der Waals surface area contributed by atoms with Crippen molar-refractivity contribution in [1.82, 2.24) is 0 Å². The molecule has 0 bridgehead atoms. The Morgan fingerprint density at radius 2 is 1.55 bits per heavy atom. The number of rotatable bonds is 7. The molecular formula is C38H62O9. The molecule has 1 aliphatic heterocycles. The van der Waals surface area contributed by atoms with E-state index in [4.69, 9.17) is 14.2 Å². The fourth-order valence-electron chi connectivity index (χ4n) is 11.7. The number of carbonyl (C=O) groups excluding carboxylic acids is 1. The summed E-state index contributed by atoms with van der Waals surface area (Å²) in [6, 6.07) is 0. The Morgan fingerprint density at radius 3 is 2.19 bits per heavy atom. The average molecular weight is 663 g/mol. The van der Waals surface area contributed by atoms with E-state index in [1.54, 1.807) is 0 Å². The largest absolute Gasteiger partial charge is 0.463 e. The lowest BCUT2D eigenvalue weighted by molar-refractivity contribution is -0.346. The maximum Gasteiger partial charge on any atom is 0.302 e. The number of hydrogen-bond acceptors (Lipinski definition) is 9. The van der Waals surface area contributed by atoms with Crippen molar-refractivity contribution in [3.63, 3.8) is 0 Å². The van der Waals surface area contributed by atoms with E-state index >= 15 is 0 Å². The quantitative estimate of drug-likeness (QED) is 0.149. The lowest BCUT2D eigenvalue weighted by Gasteiger charge is -2.72. The fraction of sp³-hybridized carbons (Fsp3) is 0.868. The summed E-state index contributed by atoms with van der Waals surface area (Å²) in [5, 5.41) is 56.1. The summed E-state index contributed by atoms with van der Waals surface area (Å²) in [6.45, 7) is 18.7. The Kier molecular flexibility index (Phi) is 10.3. The van der Waals surface area contributed by atoms with E-state index < -0.39 is 60.4 Å². The monoisotopic (exact) mass is 662 g/mol. The molecule has 4 saturated carbocycles. The van der Waals surface area contributed by atoms with Gasteiger partial charge < -0.3 is 39.7 Å². The van der Waals surface area contributed by atoms with E-state index in [-0.39, 0.29) is 46.5 Å². The molecule has 0 aromatic rings. The molecule has 0 spiro atoms. The molecule has 0 amide bonds. The molecule has 0 aromatic heterocycles. The molecule has 0 aromatic carbocycles. The zero-order valence-electron chi connectivity index (χ0n) is 30.1. The number of aliphatic hydroxyl groups excluding tert-OH is 5. The normalized spacial score (nSPS) is 49.4. The summed E-state index contributed by atoms with van der Waals surface area (Å²) < 4.78 is 18.0. The van der Waals surface area contributed by atoms with Gasteiger partial charge in [0.25, 0.3) is 0 Å². The number of ether oxygens (including phenoxy) is 3. The molecule has 1 saturated heterocycles. The number of allylic oxidation sites excluding steroid dienone is 4. The zero-order chi connectivity index (χ0) is 34.9. The van der Waals surface area contributed by atoms with Crippen molar-refractivity contribution in [1.29, 1.82) is 0 Å². The highest BCUT2D eigenvalue weighted by Crippen LogP contribution is 2.76. The molecule has 1 unspecified atom stereocenters. The van der Waals surface area contributed by atoms with Crippen molar-refractivity contribution in [2.24, 2.45) is 45.3 Å². The van der Waals surface area contributed by atoms with Crippen LogP contribution in [0.2, 0.25) is 0 Å². The average Bonchev–Trinajstić information content (AvgIpc) is 3.35. The summed E-state index contributed by atoms with van der Waals surface area (Å²) in [5.74, 6) is -0.124. The Hall–Kier alpha value is -1.33. The maximum atomic E-state index is 12.1. The van der Waals surface area contributed by atoms with Crippen LogP contribution < -0.4 is 0 Å². The third kappa shape index (κ3) is 6.08.